The van der Waals surface area contributed by atoms with Gasteiger partial charge in [-0.05, 0) is 24.5 Å². The fraction of sp³-hybridized carbons (Fsp3) is 0.385. The molecule has 1 amide bonds. The fourth-order valence-electron chi connectivity index (χ4n) is 1.82. The summed E-state index contributed by atoms with van der Waals surface area (Å²) in [5.41, 5.74) is -0.0924. The number of rotatable bonds is 5. The maximum atomic E-state index is 11.6. The summed E-state index contributed by atoms with van der Waals surface area (Å²) in [4.78, 5) is 33.1. The van der Waals surface area contributed by atoms with Gasteiger partial charge < -0.3 is 10.1 Å². The van der Waals surface area contributed by atoms with E-state index in [1.807, 2.05) is 6.92 Å². The largest absolute Gasteiger partial charge is 0.455 e. The van der Waals surface area contributed by atoms with Gasteiger partial charge >= 0.3 is 5.97 Å². The number of ether oxygens (including phenoxy) is 1. The minimum absolute atomic E-state index is 0.0212. The summed E-state index contributed by atoms with van der Waals surface area (Å²) in [6.45, 7) is 1.51. The molecule has 21 heavy (non-hydrogen) atoms. The summed E-state index contributed by atoms with van der Waals surface area (Å²) >= 11 is 5.66. The van der Waals surface area contributed by atoms with Gasteiger partial charge in [0.2, 0.25) is 0 Å². The van der Waals surface area contributed by atoms with Gasteiger partial charge in [0.25, 0.3) is 11.6 Å². The van der Waals surface area contributed by atoms with Crippen LogP contribution in [0.3, 0.4) is 0 Å². The van der Waals surface area contributed by atoms with Gasteiger partial charge in [-0.3, -0.25) is 19.7 Å². The Morgan fingerprint density at radius 1 is 1.52 bits per heavy atom. The van der Waals surface area contributed by atoms with Gasteiger partial charge in [0.05, 0.1) is 10.8 Å². The molecule has 0 bridgehead atoms. The van der Waals surface area contributed by atoms with Crippen LogP contribution in [0.5, 0.6) is 0 Å². The molecule has 1 aromatic carbocycles. The number of benzene rings is 1. The number of nitrogens with zero attached hydrogens (tertiary/aromatic N) is 1. The first-order valence-corrected chi connectivity index (χ1v) is 6.66. The van der Waals surface area contributed by atoms with Crippen LogP contribution in [0.1, 0.15) is 13.3 Å². The van der Waals surface area contributed by atoms with Crippen molar-refractivity contribution < 1.29 is 19.2 Å². The zero-order chi connectivity index (χ0) is 15.6. The van der Waals surface area contributed by atoms with Crippen LogP contribution < -0.4 is 5.32 Å². The summed E-state index contributed by atoms with van der Waals surface area (Å²) in [6, 6.07) is 3.89. The van der Waals surface area contributed by atoms with Crippen molar-refractivity contribution in [2.75, 3.05) is 11.9 Å². The second-order valence-corrected chi connectivity index (χ2v) is 5.31. The zero-order valence-electron chi connectivity index (χ0n) is 11.2. The lowest BCUT2D eigenvalue weighted by molar-refractivity contribution is -0.384. The van der Waals surface area contributed by atoms with Crippen LogP contribution in [0.4, 0.5) is 11.4 Å². The van der Waals surface area contributed by atoms with Crippen molar-refractivity contribution in [1.29, 1.82) is 0 Å². The fourth-order valence-corrected chi connectivity index (χ4v) is 2.01. The number of carbonyl (C=O) groups is 2. The number of nitrogens with one attached hydrogen (secondary N) is 1. The number of carbonyl (C=O) groups excluding carboxylic acids is 2. The molecule has 2 atom stereocenters. The van der Waals surface area contributed by atoms with Crippen LogP contribution in [0, 0.1) is 22.0 Å². The molecule has 1 saturated carbocycles. The number of amides is 1. The lowest BCUT2D eigenvalue weighted by Crippen LogP contribution is -2.21. The van der Waals surface area contributed by atoms with E-state index in [0.29, 0.717) is 5.92 Å². The number of hydrogen-bond acceptors (Lipinski definition) is 5. The Morgan fingerprint density at radius 3 is 2.76 bits per heavy atom. The molecule has 0 radical (unpaired) electrons. The first kappa shape index (κ1) is 15.2. The van der Waals surface area contributed by atoms with Crippen LogP contribution >= 0.6 is 11.6 Å². The van der Waals surface area contributed by atoms with E-state index in [1.165, 1.54) is 12.1 Å². The highest BCUT2D eigenvalue weighted by atomic mass is 35.5. The molecule has 2 rings (SSSR count). The summed E-state index contributed by atoms with van der Waals surface area (Å²) < 4.78 is 4.86. The molecule has 0 unspecified atom stereocenters. The van der Waals surface area contributed by atoms with Crippen molar-refractivity contribution in [3.63, 3.8) is 0 Å². The molecule has 0 saturated heterocycles. The topological polar surface area (TPSA) is 98.5 Å². The molecule has 7 nitrogen and oxygen atoms in total. The Morgan fingerprint density at radius 2 is 2.19 bits per heavy atom. The van der Waals surface area contributed by atoms with Crippen molar-refractivity contribution in [2.45, 2.75) is 13.3 Å². The van der Waals surface area contributed by atoms with E-state index in [-0.39, 0.29) is 28.3 Å². The van der Waals surface area contributed by atoms with Crippen LogP contribution in [0.2, 0.25) is 5.02 Å². The third-order valence-corrected chi connectivity index (χ3v) is 3.50. The maximum Gasteiger partial charge on any atom is 0.309 e. The average Bonchev–Trinajstić information content (AvgIpc) is 3.15. The van der Waals surface area contributed by atoms with Crippen LogP contribution in [-0.4, -0.2) is 23.4 Å². The second-order valence-electron chi connectivity index (χ2n) is 4.90. The molecule has 1 fully saturated rings. The summed E-state index contributed by atoms with van der Waals surface area (Å²) in [5, 5.41) is 13.1. The highest BCUT2D eigenvalue weighted by Crippen LogP contribution is 2.38. The molecule has 0 spiro atoms. The van der Waals surface area contributed by atoms with E-state index in [1.54, 1.807) is 0 Å². The van der Waals surface area contributed by atoms with E-state index < -0.39 is 17.4 Å². The van der Waals surface area contributed by atoms with Gasteiger partial charge in [0.15, 0.2) is 6.61 Å². The van der Waals surface area contributed by atoms with E-state index in [2.05, 4.69) is 5.32 Å². The zero-order valence-corrected chi connectivity index (χ0v) is 11.9. The second kappa shape index (κ2) is 6.09. The number of hydrogen-bond donors (Lipinski definition) is 1. The smallest absolute Gasteiger partial charge is 0.309 e. The van der Waals surface area contributed by atoms with Gasteiger partial charge in [-0.2, -0.15) is 0 Å². The Labute approximate surface area is 125 Å². The number of nitro benzene ring substituents is 1. The van der Waals surface area contributed by atoms with Crippen LogP contribution in [-0.2, 0) is 14.3 Å². The Bertz CT molecular complexity index is 604. The lowest BCUT2D eigenvalue weighted by atomic mass is 10.3. The van der Waals surface area contributed by atoms with Gasteiger partial charge in [-0.25, -0.2) is 0 Å². The van der Waals surface area contributed by atoms with E-state index >= 15 is 0 Å². The predicted molar refractivity (Wildman–Crippen MR) is 75.0 cm³/mol. The van der Waals surface area contributed by atoms with E-state index in [4.69, 9.17) is 16.3 Å². The summed E-state index contributed by atoms with van der Waals surface area (Å²) in [5.74, 6) is -0.762. The van der Waals surface area contributed by atoms with Crippen molar-refractivity contribution in [1.82, 2.24) is 0 Å². The first-order valence-electron chi connectivity index (χ1n) is 6.29. The van der Waals surface area contributed by atoms with Crippen LogP contribution in [0.25, 0.3) is 0 Å². The molecule has 0 aliphatic heterocycles. The molecule has 0 aromatic heterocycles. The van der Waals surface area contributed by atoms with Crippen molar-refractivity contribution in [3.8, 4) is 0 Å². The molecule has 0 heterocycles. The third-order valence-electron chi connectivity index (χ3n) is 3.18. The van der Waals surface area contributed by atoms with E-state index in [9.17, 15) is 19.7 Å². The molecule has 1 aliphatic carbocycles. The Hall–Kier alpha value is -2.15. The lowest BCUT2D eigenvalue weighted by Gasteiger charge is -2.06. The third kappa shape index (κ3) is 3.91. The molecule has 1 aliphatic rings. The van der Waals surface area contributed by atoms with Crippen molar-refractivity contribution in [3.05, 3.63) is 33.3 Å². The molecule has 1 N–H and O–H groups in total. The minimum atomic E-state index is -0.646. The number of anilines is 1. The maximum absolute atomic E-state index is 11.6. The monoisotopic (exact) mass is 312 g/mol. The molecular formula is C13H13ClN2O5. The average molecular weight is 313 g/mol. The van der Waals surface area contributed by atoms with Gasteiger partial charge in [-0.15, -0.1) is 0 Å². The molecule has 8 heteroatoms. The summed E-state index contributed by atoms with van der Waals surface area (Å²) in [6.07, 6.45) is 0.782. The quantitative estimate of drug-likeness (QED) is 0.511. The van der Waals surface area contributed by atoms with Gasteiger partial charge in [0.1, 0.15) is 5.02 Å². The molecule has 112 valence electrons. The standard InChI is InChI=1S/C13H13ClN2O5/c1-7-4-9(7)13(18)21-6-12(17)15-8-2-3-10(14)11(5-8)16(19)20/h2-3,5,7,9H,4,6H2,1H3,(H,15,17)/t7-,9-/m1/s1. The number of nitro groups is 1. The Kier molecular flexibility index (Phi) is 4.42. The number of halogens is 1. The Balaban J connectivity index is 1.89. The molecular weight excluding hydrogens is 300 g/mol. The van der Waals surface area contributed by atoms with Crippen LogP contribution in [0.15, 0.2) is 18.2 Å². The highest BCUT2D eigenvalue weighted by Gasteiger charge is 2.40. The number of esters is 1. The first-order chi connectivity index (χ1) is 9.88. The normalized spacial score (nSPS) is 19.7. The minimum Gasteiger partial charge on any atom is -0.455 e. The van der Waals surface area contributed by atoms with E-state index in [0.717, 1.165) is 12.5 Å². The highest BCUT2D eigenvalue weighted by molar-refractivity contribution is 6.32. The SMILES string of the molecule is C[C@@H]1C[C@H]1C(=O)OCC(=O)Nc1ccc(Cl)c([N+](=O)[O-])c1. The van der Waals surface area contributed by atoms with Crippen molar-refractivity contribution >= 4 is 34.9 Å². The van der Waals surface area contributed by atoms with Crippen molar-refractivity contribution in [2.24, 2.45) is 11.8 Å². The van der Waals surface area contributed by atoms with Gasteiger partial charge in [-0.1, -0.05) is 18.5 Å². The molecule has 1 aromatic rings. The predicted octanol–water partition coefficient (Wildman–Crippen LogP) is 2.39. The van der Waals surface area contributed by atoms with Gasteiger partial charge in [0, 0.05) is 11.8 Å². The summed E-state index contributed by atoms with van der Waals surface area (Å²) in [7, 11) is 0.